The topological polar surface area (TPSA) is 117 Å². The zero-order chi connectivity index (χ0) is 15.9. The molecule has 7 heteroatoms. The second-order valence-electron chi connectivity index (χ2n) is 4.56. The molecule has 0 saturated heterocycles. The van der Waals surface area contributed by atoms with Gasteiger partial charge in [-0.2, -0.15) is 0 Å². The van der Waals surface area contributed by atoms with Crippen molar-refractivity contribution in [2.75, 3.05) is 6.61 Å². The Hall–Kier alpha value is -3.06. The highest BCUT2D eigenvalue weighted by molar-refractivity contribution is 5.94. The molecule has 0 aliphatic carbocycles. The number of carbonyl (C=O) groups is 1. The van der Waals surface area contributed by atoms with E-state index in [9.17, 15) is 19.8 Å². The maximum Gasteiger partial charge on any atom is 0.337 e. The fourth-order valence-electron chi connectivity index (χ4n) is 2.15. The van der Waals surface area contributed by atoms with Crippen LogP contribution >= 0.6 is 0 Å². The molecule has 3 aromatic rings. The van der Waals surface area contributed by atoms with Crippen LogP contribution in [0.15, 0.2) is 39.5 Å². The van der Waals surface area contributed by atoms with Crippen LogP contribution in [-0.4, -0.2) is 27.9 Å². The van der Waals surface area contributed by atoms with Crippen LogP contribution in [0.25, 0.3) is 21.9 Å². The molecule has 0 unspecified atom stereocenters. The fraction of sp³-hybridized carbons (Fsp3) is 0.0667. The van der Waals surface area contributed by atoms with Crippen LogP contribution in [0.1, 0.15) is 0 Å². The third-order valence-electron chi connectivity index (χ3n) is 3.07. The summed E-state index contributed by atoms with van der Waals surface area (Å²) in [5, 5.41) is 28.0. The predicted molar refractivity (Wildman–Crippen MR) is 76.0 cm³/mol. The number of aromatic hydroxyl groups is 2. The Morgan fingerprint density at radius 3 is 2.64 bits per heavy atom. The standard InChI is InChI=1S/C15H10O7/c16-6-13(19)21-8-1-2-9-11(5-8)22-12-4-7(17)3-10(18)14(12)15(9)20/h1-5,16-18H,6H2. The number of rotatable bonds is 2. The maximum atomic E-state index is 12.4. The summed E-state index contributed by atoms with van der Waals surface area (Å²) in [5.74, 6) is -1.40. The molecule has 7 nitrogen and oxygen atoms in total. The van der Waals surface area contributed by atoms with Crippen molar-refractivity contribution in [2.24, 2.45) is 0 Å². The molecule has 3 N–H and O–H groups in total. The van der Waals surface area contributed by atoms with Crippen molar-refractivity contribution in [1.29, 1.82) is 0 Å². The maximum absolute atomic E-state index is 12.4. The summed E-state index contributed by atoms with van der Waals surface area (Å²) >= 11 is 0. The lowest BCUT2D eigenvalue weighted by molar-refractivity contribution is -0.137. The molecule has 0 saturated carbocycles. The number of phenolic OH excluding ortho intramolecular Hbond substituents is 2. The second-order valence-corrected chi connectivity index (χ2v) is 4.56. The molecule has 112 valence electrons. The Kier molecular flexibility index (Phi) is 3.19. The highest BCUT2D eigenvalue weighted by Crippen LogP contribution is 2.30. The number of hydrogen-bond donors (Lipinski definition) is 3. The number of esters is 1. The van der Waals surface area contributed by atoms with Crippen LogP contribution in [0.5, 0.6) is 17.2 Å². The van der Waals surface area contributed by atoms with Crippen LogP contribution in [0.2, 0.25) is 0 Å². The lowest BCUT2D eigenvalue weighted by atomic mass is 10.1. The third-order valence-corrected chi connectivity index (χ3v) is 3.07. The third kappa shape index (κ3) is 2.23. The predicted octanol–water partition coefficient (Wildman–Crippen LogP) is 1.26. The summed E-state index contributed by atoms with van der Waals surface area (Å²) in [5.41, 5.74) is -0.361. The van der Waals surface area contributed by atoms with E-state index in [4.69, 9.17) is 14.3 Å². The molecule has 0 fully saturated rings. The molecule has 1 heterocycles. The minimum absolute atomic E-state index is 0.000588. The van der Waals surface area contributed by atoms with Gasteiger partial charge in [0.15, 0.2) is 0 Å². The van der Waals surface area contributed by atoms with Gasteiger partial charge in [-0.3, -0.25) is 4.79 Å². The number of hydrogen-bond acceptors (Lipinski definition) is 7. The summed E-state index contributed by atoms with van der Waals surface area (Å²) in [4.78, 5) is 23.4. The molecule has 0 bridgehead atoms. The van der Waals surface area contributed by atoms with E-state index >= 15 is 0 Å². The zero-order valence-corrected chi connectivity index (χ0v) is 11.1. The molecule has 3 rings (SSSR count). The van der Waals surface area contributed by atoms with Gasteiger partial charge in [0.05, 0.1) is 5.39 Å². The Balaban J connectivity index is 2.28. The largest absolute Gasteiger partial charge is 0.508 e. The van der Waals surface area contributed by atoms with Gasteiger partial charge in [-0.25, -0.2) is 4.79 Å². The SMILES string of the molecule is O=C(CO)Oc1ccc2c(=O)c3c(O)cc(O)cc3oc2c1. The van der Waals surface area contributed by atoms with Gasteiger partial charge in [0, 0.05) is 18.2 Å². The van der Waals surface area contributed by atoms with Crippen LogP contribution in [-0.2, 0) is 4.79 Å². The molecular formula is C15H10O7. The van der Waals surface area contributed by atoms with Gasteiger partial charge in [-0.05, 0) is 12.1 Å². The molecule has 0 atom stereocenters. The molecule has 0 radical (unpaired) electrons. The van der Waals surface area contributed by atoms with E-state index in [1.54, 1.807) is 0 Å². The zero-order valence-electron chi connectivity index (χ0n) is 11.1. The lowest BCUT2D eigenvalue weighted by Crippen LogP contribution is -2.12. The van der Waals surface area contributed by atoms with Gasteiger partial charge in [-0.1, -0.05) is 0 Å². The van der Waals surface area contributed by atoms with Crippen molar-refractivity contribution < 1.29 is 29.3 Å². The van der Waals surface area contributed by atoms with Gasteiger partial charge < -0.3 is 24.5 Å². The number of phenols is 2. The summed E-state index contributed by atoms with van der Waals surface area (Å²) < 4.78 is 10.3. The quantitative estimate of drug-likeness (QED) is 0.370. The van der Waals surface area contributed by atoms with Gasteiger partial charge in [-0.15, -0.1) is 0 Å². The molecule has 2 aromatic carbocycles. The fourth-order valence-corrected chi connectivity index (χ4v) is 2.15. The number of aliphatic hydroxyl groups is 1. The lowest BCUT2D eigenvalue weighted by Gasteiger charge is -2.06. The summed E-state index contributed by atoms with van der Waals surface area (Å²) in [6.45, 7) is -0.776. The van der Waals surface area contributed by atoms with Gasteiger partial charge in [0.25, 0.3) is 0 Å². The molecule has 0 aliphatic heterocycles. The normalized spacial score (nSPS) is 11.0. The number of aliphatic hydroxyl groups excluding tert-OH is 1. The average molecular weight is 302 g/mol. The Morgan fingerprint density at radius 2 is 1.91 bits per heavy atom. The number of benzene rings is 2. The van der Waals surface area contributed by atoms with Crippen LogP contribution in [0.4, 0.5) is 0 Å². The average Bonchev–Trinajstić information content (AvgIpc) is 2.46. The van der Waals surface area contributed by atoms with Crippen LogP contribution < -0.4 is 10.2 Å². The van der Waals surface area contributed by atoms with Crippen LogP contribution in [0.3, 0.4) is 0 Å². The Labute approximate surface area is 122 Å². The minimum Gasteiger partial charge on any atom is -0.508 e. The van der Waals surface area contributed by atoms with Crippen molar-refractivity contribution >= 4 is 27.9 Å². The molecular weight excluding hydrogens is 292 g/mol. The first-order valence-electron chi connectivity index (χ1n) is 6.23. The molecule has 0 aliphatic rings. The molecule has 0 spiro atoms. The van der Waals surface area contributed by atoms with Crippen molar-refractivity contribution in [3.8, 4) is 17.2 Å². The van der Waals surface area contributed by atoms with E-state index in [2.05, 4.69) is 0 Å². The van der Waals surface area contributed by atoms with E-state index < -0.39 is 18.0 Å². The second kappa shape index (κ2) is 5.05. The number of ether oxygens (including phenoxy) is 1. The summed E-state index contributed by atoms with van der Waals surface area (Å²) in [6.07, 6.45) is 0. The van der Waals surface area contributed by atoms with Crippen molar-refractivity contribution in [3.05, 3.63) is 40.6 Å². The first kappa shape index (κ1) is 13.9. The summed E-state index contributed by atoms with van der Waals surface area (Å²) in [6, 6.07) is 6.30. The van der Waals surface area contributed by atoms with Crippen molar-refractivity contribution in [1.82, 2.24) is 0 Å². The highest BCUT2D eigenvalue weighted by atomic mass is 16.5. The van der Waals surface area contributed by atoms with Crippen LogP contribution in [0, 0.1) is 0 Å². The van der Waals surface area contributed by atoms with E-state index in [1.165, 1.54) is 24.3 Å². The van der Waals surface area contributed by atoms with E-state index in [0.717, 1.165) is 6.07 Å². The number of fused-ring (bicyclic) bond motifs is 2. The first-order chi connectivity index (χ1) is 10.5. The highest BCUT2D eigenvalue weighted by Gasteiger charge is 2.14. The molecule has 22 heavy (non-hydrogen) atoms. The summed E-state index contributed by atoms with van der Waals surface area (Å²) in [7, 11) is 0. The van der Waals surface area contributed by atoms with Gasteiger partial charge in [0.2, 0.25) is 5.43 Å². The van der Waals surface area contributed by atoms with Crippen molar-refractivity contribution in [3.63, 3.8) is 0 Å². The smallest absolute Gasteiger partial charge is 0.337 e. The van der Waals surface area contributed by atoms with Gasteiger partial charge >= 0.3 is 5.97 Å². The Morgan fingerprint density at radius 1 is 1.14 bits per heavy atom. The van der Waals surface area contributed by atoms with E-state index in [0.29, 0.717) is 0 Å². The van der Waals surface area contributed by atoms with E-state index in [-0.39, 0.29) is 39.2 Å². The monoisotopic (exact) mass is 302 g/mol. The van der Waals surface area contributed by atoms with Gasteiger partial charge in [0.1, 0.15) is 40.4 Å². The Bertz CT molecular complexity index is 955. The van der Waals surface area contributed by atoms with E-state index in [1.807, 2.05) is 0 Å². The van der Waals surface area contributed by atoms with Crippen molar-refractivity contribution in [2.45, 2.75) is 0 Å². The minimum atomic E-state index is -0.849. The number of carbonyl (C=O) groups excluding carboxylic acids is 1. The molecule has 0 amide bonds. The molecule has 1 aromatic heterocycles. The first-order valence-corrected chi connectivity index (χ1v) is 6.23.